The maximum Gasteiger partial charge on any atom is 0.365 e. The van der Waals surface area contributed by atoms with Crippen LogP contribution in [-0.2, 0) is 13.1 Å². The first kappa shape index (κ1) is 15.3. The average Bonchev–Trinajstić information content (AvgIpc) is 2.96. The summed E-state index contributed by atoms with van der Waals surface area (Å²) in [5.41, 5.74) is 1.71. The number of hydrogen-bond donors (Lipinski definition) is 2. The number of methoxy groups -OCH3 is 2. The molecule has 0 fully saturated rings. The molecule has 2 aromatic rings. The van der Waals surface area contributed by atoms with Crippen LogP contribution in [0.1, 0.15) is 21.1 Å². The van der Waals surface area contributed by atoms with Crippen LogP contribution >= 0.6 is 11.3 Å². The van der Waals surface area contributed by atoms with Gasteiger partial charge in [-0.3, -0.25) is 0 Å². The van der Waals surface area contributed by atoms with Gasteiger partial charge in [-0.1, -0.05) is 6.07 Å². The highest BCUT2D eigenvalue weighted by atomic mass is 32.1. The minimum absolute atomic E-state index is 0.105. The van der Waals surface area contributed by atoms with Gasteiger partial charge in [0.25, 0.3) is 0 Å². The molecule has 0 saturated heterocycles. The van der Waals surface area contributed by atoms with Crippen molar-refractivity contribution in [2.75, 3.05) is 14.2 Å². The molecule has 7 heteroatoms. The van der Waals surface area contributed by atoms with Crippen LogP contribution in [-0.4, -0.2) is 30.3 Å². The van der Waals surface area contributed by atoms with Crippen LogP contribution in [0, 0.1) is 0 Å². The first-order valence-electron chi connectivity index (χ1n) is 6.23. The van der Waals surface area contributed by atoms with Gasteiger partial charge in [-0.05, 0) is 6.07 Å². The van der Waals surface area contributed by atoms with Crippen LogP contribution in [0.4, 0.5) is 0 Å². The quantitative estimate of drug-likeness (QED) is 0.816. The Bertz CT molecular complexity index is 627. The third kappa shape index (κ3) is 3.93. The molecule has 0 aliphatic carbocycles. The molecule has 2 rings (SSSR count). The Kier molecular flexibility index (Phi) is 5.13. The van der Waals surface area contributed by atoms with E-state index in [9.17, 15) is 4.79 Å². The van der Waals surface area contributed by atoms with E-state index in [1.165, 1.54) is 0 Å². The van der Waals surface area contributed by atoms with Crippen molar-refractivity contribution in [2.24, 2.45) is 0 Å². The topological polar surface area (TPSA) is 80.7 Å². The Morgan fingerprint density at radius 3 is 2.76 bits per heavy atom. The highest BCUT2D eigenvalue weighted by Gasteiger charge is 2.09. The van der Waals surface area contributed by atoms with Crippen molar-refractivity contribution in [2.45, 2.75) is 13.1 Å². The lowest BCUT2D eigenvalue weighted by Gasteiger charge is -2.10. The summed E-state index contributed by atoms with van der Waals surface area (Å²) >= 11 is 1.12. The van der Waals surface area contributed by atoms with E-state index in [4.69, 9.17) is 14.6 Å². The molecule has 0 saturated carbocycles. The Morgan fingerprint density at radius 1 is 1.33 bits per heavy atom. The minimum atomic E-state index is -0.997. The summed E-state index contributed by atoms with van der Waals surface area (Å²) in [4.78, 5) is 14.8. The van der Waals surface area contributed by atoms with Crippen LogP contribution in [0.3, 0.4) is 0 Å². The molecular formula is C14H16N2O4S. The number of carboxylic acid groups (broad SMARTS) is 1. The number of nitrogens with zero attached hydrogens (tertiary/aromatic N) is 1. The summed E-state index contributed by atoms with van der Waals surface area (Å²) in [6, 6.07) is 5.61. The normalized spacial score (nSPS) is 10.4. The molecule has 0 aliphatic rings. The predicted molar refractivity (Wildman–Crippen MR) is 79.2 cm³/mol. The van der Waals surface area contributed by atoms with Gasteiger partial charge in [0.15, 0.2) is 0 Å². The van der Waals surface area contributed by atoms with Gasteiger partial charge in [0.2, 0.25) is 5.01 Å². The Hall–Kier alpha value is -2.12. The zero-order valence-corrected chi connectivity index (χ0v) is 12.6. The van der Waals surface area contributed by atoms with Crippen LogP contribution in [0.2, 0.25) is 0 Å². The first-order valence-corrected chi connectivity index (χ1v) is 7.11. The number of nitrogens with one attached hydrogen (secondary N) is 1. The molecule has 1 aromatic carbocycles. The van der Waals surface area contributed by atoms with Crippen molar-refractivity contribution < 1.29 is 19.4 Å². The maximum absolute atomic E-state index is 10.8. The number of benzene rings is 1. The lowest BCUT2D eigenvalue weighted by atomic mass is 10.2. The molecule has 1 aromatic heterocycles. The lowest BCUT2D eigenvalue weighted by Crippen LogP contribution is -2.14. The minimum Gasteiger partial charge on any atom is -0.497 e. The second kappa shape index (κ2) is 7.05. The van der Waals surface area contributed by atoms with Gasteiger partial charge in [-0.2, -0.15) is 0 Å². The van der Waals surface area contributed by atoms with Gasteiger partial charge in [-0.15, -0.1) is 11.3 Å². The largest absolute Gasteiger partial charge is 0.497 e. The number of ether oxygens (including phenoxy) is 2. The maximum atomic E-state index is 10.8. The Morgan fingerprint density at radius 2 is 2.14 bits per heavy atom. The number of carbonyl (C=O) groups is 1. The highest BCUT2D eigenvalue weighted by molar-refractivity contribution is 7.11. The van der Waals surface area contributed by atoms with Crippen molar-refractivity contribution in [3.63, 3.8) is 0 Å². The van der Waals surface area contributed by atoms with E-state index in [1.807, 2.05) is 18.2 Å². The van der Waals surface area contributed by atoms with E-state index in [0.29, 0.717) is 18.8 Å². The van der Waals surface area contributed by atoms with Crippen LogP contribution < -0.4 is 14.8 Å². The molecule has 0 atom stereocenters. The monoisotopic (exact) mass is 308 g/mol. The van der Waals surface area contributed by atoms with Crippen molar-refractivity contribution in [3.05, 3.63) is 39.8 Å². The fraction of sp³-hybridized carbons (Fsp3) is 0.286. The van der Waals surface area contributed by atoms with Gasteiger partial charge in [0.05, 0.1) is 19.9 Å². The molecule has 6 nitrogen and oxygen atoms in total. The number of rotatable bonds is 7. The van der Waals surface area contributed by atoms with E-state index in [1.54, 1.807) is 19.6 Å². The second-order valence-corrected chi connectivity index (χ2v) is 5.09. The van der Waals surface area contributed by atoms with Gasteiger partial charge in [-0.25, -0.2) is 9.78 Å². The summed E-state index contributed by atoms with van der Waals surface area (Å²) < 4.78 is 10.5. The van der Waals surface area contributed by atoms with Gasteiger partial charge >= 0.3 is 5.97 Å². The van der Waals surface area contributed by atoms with E-state index in [-0.39, 0.29) is 5.01 Å². The average molecular weight is 308 g/mol. The first-order chi connectivity index (χ1) is 10.1. The lowest BCUT2D eigenvalue weighted by molar-refractivity contribution is 0.0696. The molecule has 2 N–H and O–H groups in total. The van der Waals surface area contributed by atoms with Crippen molar-refractivity contribution in [3.8, 4) is 11.5 Å². The second-order valence-electron chi connectivity index (χ2n) is 4.23. The molecular weight excluding hydrogens is 292 g/mol. The van der Waals surface area contributed by atoms with Gasteiger partial charge in [0, 0.05) is 30.1 Å². The predicted octanol–water partition coefficient (Wildman–Crippen LogP) is 2.15. The van der Waals surface area contributed by atoms with Crippen LogP contribution in [0.5, 0.6) is 11.5 Å². The Labute approximate surface area is 126 Å². The molecule has 0 aliphatic heterocycles. The number of hydrogen-bond acceptors (Lipinski definition) is 6. The van der Waals surface area contributed by atoms with E-state index < -0.39 is 5.97 Å². The number of thiazole rings is 1. The highest BCUT2D eigenvalue weighted by Crippen LogP contribution is 2.24. The molecule has 112 valence electrons. The van der Waals surface area contributed by atoms with Crippen molar-refractivity contribution >= 4 is 17.3 Å². The molecule has 0 unspecified atom stereocenters. The smallest absolute Gasteiger partial charge is 0.365 e. The number of aromatic nitrogens is 1. The van der Waals surface area contributed by atoms with Crippen molar-refractivity contribution in [1.29, 1.82) is 0 Å². The summed E-state index contributed by atoms with van der Waals surface area (Å²) in [7, 11) is 3.22. The van der Waals surface area contributed by atoms with Gasteiger partial charge in [0.1, 0.15) is 11.5 Å². The fourth-order valence-electron chi connectivity index (χ4n) is 1.81. The summed E-state index contributed by atoms with van der Waals surface area (Å²) in [6.45, 7) is 1.09. The summed E-state index contributed by atoms with van der Waals surface area (Å²) in [5.74, 6) is 0.482. The number of carboxylic acids is 1. The third-order valence-electron chi connectivity index (χ3n) is 2.85. The van der Waals surface area contributed by atoms with Gasteiger partial charge < -0.3 is 19.9 Å². The SMILES string of the molecule is COc1ccc(CNCc2csc(C(=O)O)n2)c(OC)c1. The molecule has 1 heterocycles. The number of aromatic carboxylic acids is 1. The van der Waals surface area contributed by atoms with Crippen LogP contribution in [0.25, 0.3) is 0 Å². The Balaban J connectivity index is 1.94. The van der Waals surface area contributed by atoms with Crippen molar-refractivity contribution in [1.82, 2.24) is 10.3 Å². The molecule has 0 bridgehead atoms. The standard InChI is InChI=1S/C14H16N2O4S/c1-19-11-4-3-9(12(5-11)20-2)6-15-7-10-8-21-13(16-10)14(17)18/h3-5,8,15H,6-7H2,1-2H3,(H,17,18). The molecule has 21 heavy (non-hydrogen) atoms. The summed E-state index contributed by atoms with van der Waals surface area (Å²) in [6.07, 6.45) is 0. The van der Waals surface area contributed by atoms with E-state index >= 15 is 0 Å². The fourth-order valence-corrected chi connectivity index (χ4v) is 2.46. The zero-order valence-electron chi connectivity index (χ0n) is 11.8. The zero-order chi connectivity index (χ0) is 15.2. The summed E-state index contributed by atoms with van der Waals surface area (Å²) in [5, 5.41) is 13.9. The molecule has 0 spiro atoms. The van der Waals surface area contributed by atoms with E-state index in [2.05, 4.69) is 10.3 Å². The molecule has 0 amide bonds. The third-order valence-corrected chi connectivity index (χ3v) is 3.73. The van der Waals surface area contributed by atoms with Crippen LogP contribution in [0.15, 0.2) is 23.6 Å². The van der Waals surface area contributed by atoms with E-state index in [0.717, 1.165) is 28.4 Å². The molecule has 0 radical (unpaired) electrons.